The second-order valence-corrected chi connectivity index (χ2v) is 2.94. The highest BCUT2D eigenvalue weighted by atomic mass is 16.6. The molecule has 15 heavy (non-hydrogen) atoms. The third-order valence-electron chi connectivity index (χ3n) is 1.90. The van der Waals surface area contributed by atoms with E-state index in [1.807, 2.05) is 0 Å². The van der Waals surface area contributed by atoms with Gasteiger partial charge in [0.2, 0.25) is 0 Å². The van der Waals surface area contributed by atoms with Gasteiger partial charge in [-0.05, 0) is 18.4 Å². The Balaban J connectivity index is 3.21. The summed E-state index contributed by atoms with van der Waals surface area (Å²) in [6.07, 6.45) is 1.16. The molecule has 0 aliphatic rings. The number of nitro groups is 2. The van der Waals surface area contributed by atoms with Gasteiger partial charge in [-0.3, -0.25) is 20.2 Å². The second-order valence-electron chi connectivity index (χ2n) is 2.94. The molecule has 0 saturated carbocycles. The van der Waals surface area contributed by atoms with Crippen LogP contribution in [0.25, 0.3) is 0 Å². The quantitative estimate of drug-likeness (QED) is 0.562. The average Bonchev–Trinajstić information content (AvgIpc) is 2.17. The van der Waals surface area contributed by atoms with Gasteiger partial charge in [0.1, 0.15) is 0 Å². The van der Waals surface area contributed by atoms with Crippen molar-refractivity contribution in [2.75, 3.05) is 0 Å². The standard InChI is InChI=1S/C9H9N2O4/c1-2-3-7-4-5-8(10(12)13)9(6-7)11(14)15/h4-6H,1-3H2. The van der Waals surface area contributed by atoms with E-state index >= 15 is 0 Å². The van der Waals surface area contributed by atoms with E-state index in [1.54, 1.807) is 0 Å². The maximum atomic E-state index is 10.6. The minimum absolute atomic E-state index is 0.467. The molecule has 0 aromatic heterocycles. The van der Waals surface area contributed by atoms with Crippen LogP contribution in [-0.2, 0) is 6.42 Å². The first-order valence-corrected chi connectivity index (χ1v) is 4.27. The van der Waals surface area contributed by atoms with E-state index in [0.29, 0.717) is 18.4 Å². The van der Waals surface area contributed by atoms with E-state index in [0.717, 1.165) is 6.07 Å². The summed E-state index contributed by atoms with van der Waals surface area (Å²) >= 11 is 0. The molecule has 1 aromatic carbocycles. The summed E-state index contributed by atoms with van der Waals surface area (Å²) in [7, 11) is 0. The summed E-state index contributed by atoms with van der Waals surface area (Å²) in [5.41, 5.74) is -0.263. The second kappa shape index (κ2) is 4.50. The molecule has 0 unspecified atom stereocenters. The molecule has 0 bridgehead atoms. The zero-order chi connectivity index (χ0) is 11.4. The van der Waals surface area contributed by atoms with Gasteiger partial charge in [-0.25, -0.2) is 0 Å². The summed E-state index contributed by atoms with van der Waals surface area (Å²) in [4.78, 5) is 19.5. The van der Waals surface area contributed by atoms with Crippen molar-refractivity contribution in [3.63, 3.8) is 0 Å². The SMILES string of the molecule is [CH2]CCc1ccc([N+](=O)[O-])c([N+](=O)[O-])c1. The summed E-state index contributed by atoms with van der Waals surface area (Å²) in [5.74, 6) is 0. The van der Waals surface area contributed by atoms with Crippen LogP contribution < -0.4 is 0 Å². The fourth-order valence-corrected chi connectivity index (χ4v) is 1.23. The van der Waals surface area contributed by atoms with E-state index in [2.05, 4.69) is 6.92 Å². The minimum Gasteiger partial charge on any atom is -0.258 e. The van der Waals surface area contributed by atoms with Crippen molar-refractivity contribution < 1.29 is 9.85 Å². The zero-order valence-electron chi connectivity index (χ0n) is 7.88. The van der Waals surface area contributed by atoms with Crippen molar-refractivity contribution in [1.82, 2.24) is 0 Å². The zero-order valence-corrected chi connectivity index (χ0v) is 7.88. The maximum absolute atomic E-state index is 10.6. The van der Waals surface area contributed by atoms with Crippen molar-refractivity contribution in [3.8, 4) is 0 Å². The van der Waals surface area contributed by atoms with Gasteiger partial charge in [-0.2, -0.15) is 0 Å². The van der Waals surface area contributed by atoms with E-state index in [9.17, 15) is 20.2 Å². The molecule has 0 aliphatic heterocycles. The Bertz CT molecular complexity index is 403. The molecule has 0 aliphatic carbocycles. The van der Waals surface area contributed by atoms with Crippen LogP contribution in [0.3, 0.4) is 0 Å². The molecule has 0 spiro atoms. The van der Waals surface area contributed by atoms with Gasteiger partial charge in [0, 0.05) is 12.1 Å². The van der Waals surface area contributed by atoms with Crippen molar-refractivity contribution in [2.45, 2.75) is 12.8 Å². The van der Waals surface area contributed by atoms with E-state index in [1.165, 1.54) is 12.1 Å². The first-order valence-electron chi connectivity index (χ1n) is 4.27. The van der Waals surface area contributed by atoms with E-state index in [-0.39, 0.29) is 0 Å². The molecule has 6 heteroatoms. The van der Waals surface area contributed by atoms with Crippen LogP contribution >= 0.6 is 0 Å². The highest BCUT2D eigenvalue weighted by Crippen LogP contribution is 2.27. The van der Waals surface area contributed by atoms with Crippen LogP contribution in [0.15, 0.2) is 18.2 Å². The Morgan fingerprint density at radius 1 is 1.13 bits per heavy atom. The lowest BCUT2D eigenvalue weighted by Gasteiger charge is -1.99. The topological polar surface area (TPSA) is 86.3 Å². The number of aryl methyl sites for hydroxylation is 1. The lowest BCUT2D eigenvalue weighted by atomic mass is 10.1. The molecule has 0 fully saturated rings. The Kier molecular flexibility index (Phi) is 3.33. The van der Waals surface area contributed by atoms with Crippen LogP contribution in [0.1, 0.15) is 12.0 Å². The van der Waals surface area contributed by atoms with Crippen molar-refractivity contribution >= 4 is 11.4 Å². The third kappa shape index (κ3) is 2.49. The Morgan fingerprint density at radius 3 is 2.20 bits per heavy atom. The summed E-state index contributed by atoms with van der Waals surface area (Å²) in [5, 5.41) is 21.1. The first kappa shape index (κ1) is 11.1. The van der Waals surface area contributed by atoms with E-state index < -0.39 is 21.2 Å². The van der Waals surface area contributed by atoms with Gasteiger partial charge in [0.05, 0.1) is 9.85 Å². The molecule has 1 aromatic rings. The van der Waals surface area contributed by atoms with Gasteiger partial charge in [0.25, 0.3) is 0 Å². The lowest BCUT2D eigenvalue weighted by molar-refractivity contribution is -0.422. The molecule has 79 valence electrons. The van der Waals surface area contributed by atoms with Crippen LogP contribution in [0.5, 0.6) is 0 Å². The fraction of sp³-hybridized carbons (Fsp3) is 0.222. The normalized spacial score (nSPS) is 9.93. The number of hydrogen-bond donors (Lipinski definition) is 0. The Hall–Kier alpha value is -1.98. The molecule has 0 heterocycles. The molecule has 0 atom stereocenters. The molecule has 1 rings (SSSR count). The monoisotopic (exact) mass is 209 g/mol. The van der Waals surface area contributed by atoms with Crippen LogP contribution in [0.2, 0.25) is 0 Å². The summed E-state index contributed by atoms with van der Waals surface area (Å²) in [6.45, 7) is 3.61. The van der Waals surface area contributed by atoms with Gasteiger partial charge < -0.3 is 0 Å². The predicted molar refractivity (Wildman–Crippen MR) is 53.4 cm³/mol. The fourth-order valence-electron chi connectivity index (χ4n) is 1.23. The molecule has 0 saturated heterocycles. The highest BCUT2D eigenvalue weighted by Gasteiger charge is 2.23. The molecule has 1 radical (unpaired) electrons. The third-order valence-corrected chi connectivity index (χ3v) is 1.90. The van der Waals surface area contributed by atoms with Crippen molar-refractivity contribution in [3.05, 3.63) is 50.9 Å². The van der Waals surface area contributed by atoms with Crippen molar-refractivity contribution in [1.29, 1.82) is 0 Å². The maximum Gasteiger partial charge on any atom is 0.346 e. The molecule has 0 N–H and O–H groups in total. The van der Waals surface area contributed by atoms with E-state index in [4.69, 9.17) is 0 Å². The predicted octanol–water partition coefficient (Wildman–Crippen LogP) is 2.27. The number of hydrogen-bond acceptors (Lipinski definition) is 4. The average molecular weight is 209 g/mol. The number of rotatable bonds is 4. The smallest absolute Gasteiger partial charge is 0.258 e. The van der Waals surface area contributed by atoms with Crippen LogP contribution in [0, 0.1) is 27.2 Å². The number of benzene rings is 1. The largest absolute Gasteiger partial charge is 0.346 e. The van der Waals surface area contributed by atoms with Crippen molar-refractivity contribution in [2.24, 2.45) is 0 Å². The summed E-state index contributed by atoms with van der Waals surface area (Å²) in [6, 6.07) is 3.89. The first-order chi connectivity index (χ1) is 7.06. The molecule has 6 nitrogen and oxygen atoms in total. The number of nitrogens with zero attached hydrogens (tertiary/aromatic N) is 2. The van der Waals surface area contributed by atoms with Gasteiger partial charge >= 0.3 is 11.4 Å². The summed E-state index contributed by atoms with van der Waals surface area (Å²) < 4.78 is 0. The highest BCUT2D eigenvalue weighted by molar-refractivity contribution is 5.54. The van der Waals surface area contributed by atoms with Gasteiger partial charge in [-0.15, -0.1) is 0 Å². The minimum atomic E-state index is -0.758. The lowest BCUT2D eigenvalue weighted by Crippen LogP contribution is -1.97. The van der Waals surface area contributed by atoms with Crippen LogP contribution in [0.4, 0.5) is 11.4 Å². The molecule has 0 amide bonds. The Labute approximate surface area is 85.8 Å². The van der Waals surface area contributed by atoms with Crippen LogP contribution in [-0.4, -0.2) is 9.85 Å². The molecular weight excluding hydrogens is 200 g/mol. The Morgan fingerprint density at radius 2 is 1.73 bits per heavy atom. The molecular formula is C9H9N2O4. The number of nitro benzene ring substituents is 2. The van der Waals surface area contributed by atoms with Gasteiger partial charge in [0.15, 0.2) is 0 Å². The van der Waals surface area contributed by atoms with Gasteiger partial charge in [-0.1, -0.05) is 13.0 Å².